The highest BCUT2D eigenvalue weighted by molar-refractivity contribution is 5.93. The van der Waals surface area contributed by atoms with Crippen LogP contribution in [0.5, 0.6) is 11.5 Å². The Labute approximate surface area is 143 Å². The quantitative estimate of drug-likeness (QED) is 0.764. The number of rotatable bonds is 5. The number of fused-ring (bicyclic) bond motifs is 1. The predicted molar refractivity (Wildman–Crippen MR) is 92.2 cm³/mol. The first kappa shape index (κ1) is 16.5. The summed E-state index contributed by atoms with van der Waals surface area (Å²) in [5.74, 6) is 0.612. The topological polar surface area (TPSA) is 81.9 Å². The van der Waals surface area contributed by atoms with Crippen LogP contribution in [0.4, 0.5) is 0 Å². The lowest BCUT2D eigenvalue weighted by Gasteiger charge is -2.13. The van der Waals surface area contributed by atoms with Gasteiger partial charge in [0, 0.05) is 24.5 Å². The first-order valence-electron chi connectivity index (χ1n) is 7.60. The molecule has 0 saturated heterocycles. The van der Waals surface area contributed by atoms with Crippen LogP contribution in [-0.4, -0.2) is 29.5 Å². The SMILES string of the molecule is COc1cccc(CNC(=O)c2cnc3ccccn3c2=O)c1OC. The second-order valence-corrected chi connectivity index (χ2v) is 5.24. The largest absolute Gasteiger partial charge is 0.493 e. The van der Waals surface area contributed by atoms with E-state index in [1.165, 1.54) is 17.7 Å². The fraction of sp³-hybridized carbons (Fsp3) is 0.167. The number of amides is 1. The van der Waals surface area contributed by atoms with Crippen molar-refractivity contribution in [2.24, 2.45) is 0 Å². The van der Waals surface area contributed by atoms with E-state index in [2.05, 4.69) is 10.3 Å². The van der Waals surface area contributed by atoms with Crippen LogP contribution in [0.1, 0.15) is 15.9 Å². The summed E-state index contributed by atoms with van der Waals surface area (Å²) in [4.78, 5) is 29.0. The van der Waals surface area contributed by atoms with Crippen molar-refractivity contribution in [3.63, 3.8) is 0 Å². The molecule has 0 aliphatic carbocycles. The summed E-state index contributed by atoms with van der Waals surface area (Å²) < 4.78 is 11.9. The van der Waals surface area contributed by atoms with Gasteiger partial charge in [0.2, 0.25) is 0 Å². The van der Waals surface area contributed by atoms with E-state index in [1.54, 1.807) is 43.6 Å². The Morgan fingerprint density at radius 2 is 2.00 bits per heavy atom. The van der Waals surface area contributed by atoms with Gasteiger partial charge in [0.25, 0.3) is 11.5 Å². The molecule has 1 N–H and O–H groups in total. The van der Waals surface area contributed by atoms with Gasteiger partial charge in [0.05, 0.1) is 14.2 Å². The van der Waals surface area contributed by atoms with Crippen molar-refractivity contribution in [3.8, 4) is 11.5 Å². The second kappa shape index (κ2) is 7.04. The van der Waals surface area contributed by atoms with E-state index in [1.807, 2.05) is 6.07 Å². The molecular weight excluding hydrogens is 322 g/mol. The molecule has 0 aliphatic rings. The van der Waals surface area contributed by atoms with Gasteiger partial charge < -0.3 is 14.8 Å². The molecule has 0 saturated carbocycles. The molecule has 7 nitrogen and oxygen atoms in total. The van der Waals surface area contributed by atoms with Crippen LogP contribution in [0.15, 0.2) is 53.6 Å². The van der Waals surface area contributed by atoms with Crippen molar-refractivity contribution < 1.29 is 14.3 Å². The third-order valence-corrected chi connectivity index (χ3v) is 3.78. The molecule has 0 bridgehead atoms. The summed E-state index contributed by atoms with van der Waals surface area (Å²) in [7, 11) is 3.07. The van der Waals surface area contributed by atoms with Crippen LogP contribution >= 0.6 is 0 Å². The highest BCUT2D eigenvalue weighted by atomic mass is 16.5. The molecule has 0 radical (unpaired) electrons. The molecule has 0 aliphatic heterocycles. The maximum Gasteiger partial charge on any atom is 0.270 e. The zero-order chi connectivity index (χ0) is 17.8. The molecule has 2 heterocycles. The summed E-state index contributed by atoms with van der Waals surface area (Å²) in [6.45, 7) is 0.191. The van der Waals surface area contributed by atoms with Crippen LogP contribution in [0, 0.1) is 0 Å². The van der Waals surface area contributed by atoms with Gasteiger partial charge in [-0.05, 0) is 18.2 Å². The number of ether oxygens (including phenoxy) is 2. The van der Waals surface area contributed by atoms with Crippen molar-refractivity contribution >= 4 is 11.6 Å². The van der Waals surface area contributed by atoms with Crippen LogP contribution in [0.2, 0.25) is 0 Å². The minimum atomic E-state index is -0.499. The lowest BCUT2D eigenvalue weighted by atomic mass is 10.1. The Balaban J connectivity index is 1.85. The molecule has 1 amide bonds. The average Bonchev–Trinajstić information content (AvgIpc) is 2.66. The number of carbonyl (C=O) groups excluding carboxylic acids is 1. The molecule has 2 aromatic heterocycles. The molecule has 3 rings (SSSR count). The Morgan fingerprint density at radius 1 is 1.16 bits per heavy atom. The third-order valence-electron chi connectivity index (χ3n) is 3.78. The van der Waals surface area contributed by atoms with Gasteiger partial charge in [-0.3, -0.25) is 14.0 Å². The Bertz CT molecular complexity index is 981. The van der Waals surface area contributed by atoms with E-state index in [4.69, 9.17) is 9.47 Å². The lowest BCUT2D eigenvalue weighted by Crippen LogP contribution is -2.31. The number of aromatic nitrogens is 2. The first-order valence-corrected chi connectivity index (χ1v) is 7.60. The van der Waals surface area contributed by atoms with Crippen LogP contribution in [0.3, 0.4) is 0 Å². The molecule has 25 heavy (non-hydrogen) atoms. The normalized spacial score (nSPS) is 10.5. The Morgan fingerprint density at radius 3 is 2.76 bits per heavy atom. The van der Waals surface area contributed by atoms with Gasteiger partial charge in [-0.2, -0.15) is 0 Å². The molecule has 3 aromatic rings. The number of para-hydroxylation sites is 1. The molecular formula is C18H17N3O4. The molecule has 0 atom stereocenters. The summed E-state index contributed by atoms with van der Waals surface area (Å²) in [6.07, 6.45) is 2.86. The highest BCUT2D eigenvalue weighted by Gasteiger charge is 2.15. The predicted octanol–water partition coefficient (Wildman–Crippen LogP) is 1.64. The van der Waals surface area contributed by atoms with E-state index in [0.29, 0.717) is 17.1 Å². The molecule has 1 aromatic carbocycles. The second-order valence-electron chi connectivity index (χ2n) is 5.24. The van der Waals surface area contributed by atoms with E-state index >= 15 is 0 Å². The van der Waals surface area contributed by atoms with Gasteiger partial charge in [-0.15, -0.1) is 0 Å². The van der Waals surface area contributed by atoms with Crippen molar-refractivity contribution in [1.29, 1.82) is 0 Å². The van der Waals surface area contributed by atoms with Gasteiger partial charge in [0.15, 0.2) is 11.5 Å². The molecule has 7 heteroatoms. The summed E-state index contributed by atoms with van der Waals surface area (Å²) in [5, 5.41) is 2.72. The smallest absolute Gasteiger partial charge is 0.270 e. The van der Waals surface area contributed by atoms with Crippen LogP contribution < -0.4 is 20.3 Å². The summed E-state index contributed by atoms with van der Waals surface area (Å²) >= 11 is 0. The van der Waals surface area contributed by atoms with E-state index in [0.717, 1.165) is 5.56 Å². The number of benzene rings is 1. The highest BCUT2D eigenvalue weighted by Crippen LogP contribution is 2.30. The van der Waals surface area contributed by atoms with Crippen LogP contribution in [0.25, 0.3) is 5.65 Å². The number of methoxy groups -OCH3 is 2. The first-order chi connectivity index (χ1) is 12.2. The van der Waals surface area contributed by atoms with Gasteiger partial charge in [-0.25, -0.2) is 4.98 Å². The fourth-order valence-electron chi connectivity index (χ4n) is 2.55. The minimum Gasteiger partial charge on any atom is -0.493 e. The summed E-state index contributed by atoms with van der Waals surface area (Å²) in [6, 6.07) is 10.6. The van der Waals surface area contributed by atoms with Gasteiger partial charge in [0.1, 0.15) is 11.2 Å². The number of pyridine rings is 1. The average molecular weight is 339 g/mol. The maximum atomic E-state index is 12.4. The molecule has 0 spiro atoms. The number of nitrogens with zero attached hydrogens (tertiary/aromatic N) is 2. The summed E-state index contributed by atoms with van der Waals surface area (Å²) in [5.41, 5.74) is 0.786. The number of hydrogen-bond donors (Lipinski definition) is 1. The zero-order valence-corrected chi connectivity index (χ0v) is 13.9. The van der Waals surface area contributed by atoms with Crippen LogP contribution in [-0.2, 0) is 6.54 Å². The van der Waals surface area contributed by atoms with E-state index in [9.17, 15) is 9.59 Å². The van der Waals surface area contributed by atoms with Gasteiger partial charge >= 0.3 is 0 Å². The van der Waals surface area contributed by atoms with Crippen molar-refractivity contribution in [2.75, 3.05) is 14.2 Å². The Kier molecular flexibility index (Phi) is 4.65. The van der Waals surface area contributed by atoms with E-state index < -0.39 is 11.5 Å². The van der Waals surface area contributed by atoms with Crippen molar-refractivity contribution in [3.05, 3.63) is 70.3 Å². The van der Waals surface area contributed by atoms with Crippen molar-refractivity contribution in [1.82, 2.24) is 14.7 Å². The zero-order valence-electron chi connectivity index (χ0n) is 13.9. The number of carbonyl (C=O) groups is 1. The molecule has 128 valence electrons. The minimum absolute atomic E-state index is 0.0226. The monoisotopic (exact) mass is 339 g/mol. The van der Waals surface area contributed by atoms with Crippen molar-refractivity contribution in [2.45, 2.75) is 6.54 Å². The third kappa shape index (κ3) is 3.16. The number of nitrogens with one attached hydrogen (secondary N) is 1. The lowest BCUT2D eigenvalue weighted by molar-refractivity contribution is 0.0948. The fourth-order valence-corrected chi connectivity index (χ4v) is 2.55. The standard InChI is InChI=1S/C18H17N3O4/c1-24-14-7-5-6-12(16(14)25-2)10-20-17(22)13-11-19-15-8-3-4-9-21(15)18(13)23/h3-9,11H,10H2,1-2H3,(H,20,22). The maximum absolute atomic E-state index is 12.4. The number of hydrogen-bond acceptors (Lipinski definition) is 5. The van der Waals surface area contributed by atoms with Gasteiger partial charge in [-0.1, -0.05) is 18.2 Å². The molecule has 0 unspecified atom stereocenters. The molecule has 0 fully saturated rings. The van der Waals surface area contributed by atoms with E-state index in [-0.39, 0.29) is 12.1 Å². The Hall–Kier alpha value is -3.35.